The molecule has 1 amide bonds. The predicted octanol–water partition coefficient (Wildman–Crippen LogP) is 4.15. The standard InChI is InChI=1S/C24H20ClN3O4/c1-2-32-17-6-7-19(25)18(13-17)22(29)20-21(15-8-11-26-12-9-15)28(24(31)23(20)30)14-16-5-3-4-10-27-16/h3-13,21,29H,2,14H2,1H3/b22-20+. The maximum Gasteiger partial charge on any atom is 0.296 e. The molecule has 0 spiro atoms. The third-order valence-corrected chi connectivity index (χ3v) is 5.45. The first-order valence-electron chi connectivity index (χ1n) is 10.0. The minimum Gasteiger partial charge on any atom is -0.507 e. The van der Waals surface area contributed by atoms with Gasteiger partial charge >= 0.3 is 0 Å². The molecule has 0 aliphatic carbocycles. The number of aromatic nitrogens is 2. The minimum atomic E-state index is -0.827. The first-order valence-corrected chi connectivity index (χ1v) is 10.4. The van der Waals surface area contributed by atoms with Crippen LogP contribution in [0.25, 0.3) is 5.76 Å². The van der Waals surface area contributed by atoms with Crippen molar-refractivity contribution in [1.82, 2.24) is 14.9 Å². The molecule has 1 aromatic carbocycles. The van der Waals surface area contributed by atoms with E-state index in [4.69, 9.17) is 16.3 Å². The average molecular weight is 450 g/mol. The summed E-state index contributed by atoms with van der Waals surface area (Å²) < 4.78 is 5.50. The number of benzene rings is 1. The van der Waals surface area contributed by atoms with E-state index in [1.54, 1.807) is 67.1 Å². The van der Waals surface area contributed by atoms with E-state index in [0.29, 0.717) is 23.6 Å². The molecule has 3 heterocycles. The second-order valence-corrected chi connectivity index (χ2v) is 7.51. The number of likely N-dealkylation sites (tertiary alicyclic amines) is 1. The number of carbonyl (C=O) groups is 2. The molecule has 1 atom stereocenters. The van der Waals surface area contributed by atoms with Crippen LogP contribution >= 0.6 is 11.6 Å². The summed E-state index contributed by atoms with van der Waals surface area (Å²) in [7, 11) is 0. The van der Waals surface area contributed by atoms with E-state index in [0.717, 1.165) is 0 Å². The second-order valence-electron chi connectivity index (χ2n) is 7.10. The van der Waals surface area contributed by atoms with Crippen molar-refractivity contribution < 1.29 is 19.4 Å². The summed E-state index contributed by atoms with van der Waals surface area (Å²) in [5.74, 6) is -1.39. The molecule has 1 N–H and O–H groups in total. The van der Waals surface area contributed by atoms with Gasteiger partial charge in [-0.1, -0.05) is 17.7 Å². The van der Waals surface area contributed by atoms with E-state index < -0.39 is 17.7 Å². The zero-order chi connectivity index (χ0) is 22.7. The van der Waals surface area contributed by atoms with E-state index in [1.807, 2.05) is 6.92 Å². The van der Waals surface area contributed by atoms with E-state index in [-0.39, 0.29) is 28.5 Å². The van der Waals surface area contributed by atoms with Gasteiger partial charge in [0.2, 0.25) is 0 Å². The number of rotatable bonds is 6. The number of halogens is 1. The highest BCUT2D eigenvalue weighted by atomic mass is 35.5. The molecule has 162 valence electrons. The first kappa shape index (κ1) is 21.5. The van der Waals surface area contributed by atoms with Gasteiger partial charge in [0.05, 0.1) is 35.5 Å². The Morgan fingerprint density at radius 3 is 2.59 bits per heavy atom. The molecular formula is C24H20ClN3O4. The van der Waals surface area contributed by atoms with Crippen molar-refractivity contribution in [3.8, 4) is 5.75 Å². The maximum absolute atomic E-state index is 13.1. The van der Waals surface area contributed by atoms with Crippen LogP contribution < -0.4 is 4.74 Å². The summed E-state index contributed by atoms with van der Waals surface area (Å²) in [6, 6.07) is 12.7. The van der Waals surface area contributed by atoms with Crippen LogP contribution in [-0.2, 0) is 16.1 Å². The summed E-state index contributed by atoms with van der Waals surface area (Å²) in [5, 5.41) is 11.4. The van der Waals surface area contributed by atoms with Crippen LogP contribution in [0.1, 0.15) is 29.8 Å². The zero-order valence-electron chi connectivity index (χ0n) is 17.2. The van der Waals surface area contributed by atoms with Crippen molar-refractivity contribution in [2.75, 3.05) is 6.61 Å². The van der Waals surface area contributed by atoms with E-state index in [1.165, 1.54) is 4.90 Å². The highest BCUT2D eigenvalue weighted by molar-refractivity contribution is 6.47. The Labute approximate surface area is 190 Å². The van der Waals surface area contributed by atoms with Crippen molar-refractivity contribution in [3.63, 3.8) is 0 Å². The lowest BCUT2D eigenvalue weighted by molar-refractivity contribution is -0.140. The van der Waals surface area contributed by atoms with Crippen molar-refractivity contribution in [1.29, 1.82) is 0 Å². The largest absolute Gasteiger partial charge is 0.507 e. The fourth-order valence-corrected chi connectivity index (χ4v) is 3.90. The maximum atomic E-state index is 13.1. The second kappa shape index (κ2) is 9.20. The molecule has 4 rings (SSSR count). The van der Waals surface area contributed by atoms with E-state index in [2.05, 4.69) is 9.97 Å². The van der Waals surface area contributed by atoms with Crippen LogP contribution in [0.2, 0.25) is 5.02 Å². The van der Waals surface area contributed by atoms with Gasteiger partial charge in [0.15, 0.2) is 0 Å². The predicted molar refractivity (Wildman–Crippen MR) is 119 cm³/mol. The fraction of sp³-hybridized carbons (Fsp3) is 0.167. The fourth-order valence-electron chi connectivity index (χ4n) is 3.69. The van der Waals surface area contributed by atoms with Crippen molar-refractivity contribution in [2.45, 2.75) is 19.5 Å². The highest BCUT2D eigenvalue weighted by Gasteiger charge is 2.46. The number of aliphatic hydroxyl groups is 1. The number of ether oxygens (including phenoxy) is 1. The van der Waals surface area contributed by atoms with Gasteiger partial charge in [-0.15, -0.1) is 0 Å². The third-order valence-electron chi connectivity index (χ3n) is 5.12. The third kappa shape index (κ3) is 4.07. The summed E-state index contributed by atoms with van der Waals surface area (Å²) in [6.07, 6.45) is 4.75. The summed E-state index contributed by atoms with van der Waals surface area (Å²) in [5.41, 5.74) is 1.42. The Morgan fingerprint density at radius 1 is 1.12 bits per heavy atom. The van der Waals surface area contributed by atoms with Gasteiger partial charge in [0, 0.05) is 24.2 Å². The van der Waals surface area contributed by atoms with Crippen LogP contribution in [0.4, 0.5) is 0 Å². The Hall–Kier alpha value is -3.71. The Balaban J connectivity index is 1.87. The lowest BCUT2D eigenvalue weighted by Gasteiger charge is -2.25. The molecule has 1 unspecified atom stereocenters. The summed E-state index contributed by atoms with van der Waals surface area (Å²) in [4.78, 5) is 35.8. The van der Waals surface area contributed by atoms with Crippen molar-refractivity contribution in [2.24, 2.45) is 0 Å². The molecule has 0 saturated carbocycles. The van der Waals surface area contributed by atoms with Gasteiger partial charge in [0.25, 0.3) is 11.7 Å². The molecule has 3 aromatic rings. The van der Waals surface area contributed by atoms with E-state index >= 15 is 0 Å². The lowest BCUT2D eigenvalue weighted by Crippen LogP contribution is -2.29. The smallest absolute Gasteiger partial charge is 0.296 e. The molecular weight excluding hydrogens is 430 g/mol. The number of pyridine rings is 2. The number of amides is 1. The van der Waals surface area contributed by atoms with Crippen molar-refractivity contribution >= 4 is 29.1 Å². The summed E-state index contributed by atoms with van der Waals surface area (Å²) >= 11 is 6.33. The van der Waals surface area contributed by atoms with Gasteiger partial charge < -0.3 is 14.7 Å². The topological polar surface area (TPSA) is 92.6 Å². The van der Waals surface area contributed by atoms with Gasteiger partial charge in [-0.25, -0.2) is 0 Å². The molecule has 0 radical (unpaired) electrons. The number of Topliss-reactive ketones (excluding diaryl/α,β-unsaturated/α-hetero) is 1. The Kier molecular flexibility index (Phi) is 6.18. The number of aliphatic hydroxyl groups excluding tert-OH is 1. The number of carbonyl (C=O) groups excluding carboxylic acids is 2. The first-order chi connectivity index (χ1) is 15.5. The monoisotopic (exact) mass is 449 g/mol. The SMILES string of the molecule is CCOc1ccc(Cl)c(/C(O)=C2\C(=O)C(=O)N(Cc3ccccn3)C2c2ccncc2)c1. The Bertz CT molecular complexity index is 1180. The average Bonchev–Trinajstić information content (AvgIpc) is 3.06. The Morgan fingerprint density at radius 2 is 1.91 bits per heavy atom. The van der Waals surface area contributed by atoms with E-state index in [9.17, 15) is 14.7 Å². The van der Waals surface area contributed by atoms with Crippen LogP contribution in [0, 0.1) is 0 Å². The number of nitrogens with zero attached hydrogens (tertiary/aromatic N) is 3. The molecule has 1 aliphatic heterocycles. The van der Waals surface area contributed by atoms with Crippen LogP contribution in [0.3, 0.4) is 0 Å². The lowest BCUT2D eigenvalue weighted by atomic mass is 9.96. The minimum absolute atomic E-state index is 0.0484. The molecule has 32 heavy (non-hydrogen) atoms. The van der Waals surface area contributed by atoms with Crippen LogP contribution in [0.5, 0.6) is 5.75 Å². The molecule has 1 saturated heterocycles. The molecule has 1 aliphatic rings. The van der Waals surface area contributed by atoms with Crippen LogP contribution in [-0.4, -0.2) is 38.3 Å². The number of ketones is 1. The van der Waals surface area contributed by atoms with Gasteiger partial charge in [0.1, 0.15) is 11.5 Å². The van der Waals surface area contributed by atoms with Gasteiger partial charge in [-0.05, 0) is 55.0 Å². The molecule has 2 aromatic heterocycles. The van der Waals surface area contributed by atoms with Crippen LogP contribution in [0.15, 0.2) is 72.7 Å². The van der Waals surface area contributed by atoms with Gasteiger partial charge in [-0.2, -0.15) is 0 Å². The van der Waals surface area contributed by atoms with Crippen molar-refractivity contribution in [3.05, 3.63) is 94.5 Å². The molecule has 1 fully saturated rings. The molecule has 0 bridgehead atoms. The molecule has 7 nitrogen and oxygen atoms in total. The quantitative estimate of drug-likeness (QED) is 0.345. The number of hydrogen-bond acceptors (Lipinski definition) is 6. The number of hydrogen-bond donors (Lipinski definition) is 1. The highest BCUT2D eigenvalue weighted by Crippen LogP contribution is 2.41. The summed E-state index contributed by atoms with van der Waals surface area (Å²) in [6.45, 7) is 2.36. The molecule has 8 heteroatoms. The van der Waals surface area contributed by atoms with Gasteiger partial charge in [-0.3, -0.25) is 19.6 Å². The normalized spacial score (nSPS) is 17.6. The zero-order valence-corrected chi connectivity index (χ0v) is 18.0.